The van der Waals surface area contributed by atoms with Crippen molar-refractivity contribution in [3.63, 3.8) is 0 Å². The Bertz CT molecular complexity index is 628. The molecule has 2 aromatic carbocycles. The van der Waals surface area contributed by atoms with Gasteiger partial charge in [0.25, 0.3) is 0 Å². The number of halogens is 4. The first kappa shape index (κ1) is 12.7. The van der Waals surface area contributed by atoms with Gasteiger partial charge in [-0.1, -0.05) is 6.07 Å². The molecule has 1 aliphatic carbocycles. The molecular weight excluding hydrogens is 317 g/mol. The second-order valence-electron chi connectivity index (χ2n) is 4.87. The van der Waals surface area contributed by atoms with Crippen LogP contribution in [0.1, 0.15) is 24.0 Å². The lowest BCUT2D eigenvalue weighted by Gasteiger charge is -2.17. The molecule has 1 aliphatic rings. The molecule has 0 aliphatic heterocycles. The Morgan fingerprint density at radius 2 is 1.47 bits per heavy atom. The van der Waals surface area contributed by atoms with E-state index in [0.717, 1.165) is 24.5 Å². The van der Waals surface area contributed by atoms with Crippen LogP contribution in [0.4, 0.5) is 13.2 Å². The fourth-order valence-corrected chi connectivity index (χ4v) is 2.87. The molecule has 0 radical (unpaired) electrons. The van der Waals surface area contributed by atoms with Crippen molar-refractivity contribution in [3.05, 3.63) is 69.4 Å². The molecule has 0 saturated heterocycles. The van der Waals surface area contributed by atoms with Crippen molar-refractivity contribution < 1.29 is 13.2 Å². The van der Waals surface area contributed by atoms with E-state index in [-0.39, 0.29) is 11.2 Å². The van der Waals surface area contributed by atoms with Crippen molar-refractivity contribution in [2.45, 2.75) is 18.3 Å². The van der Waals surface area contributed by atoms with Crippen LogP contribution in [0.15, 0.2) is 40.9 Å². The van der Waals surface area contributed by atoms with Crippen molar-refractivity contribution in [2.24, 2.45) is 0 Å². The molecule has 0 bridgehead atoms. The van der Waals surface area contributed by atoms with Gasteiger partial charge in [-0.05, 0) is 64.2 Å². The summed E-state index contributed by atoms with van der Waals surface area (Å²) in [6, 6.07) is 8.30. The number of hydrogen-bond donors (Lipinski definition) is 0. The Balaban J connectivity index is 2.09. The third kappa shape index (κ3) is 2.18. The molecule has 3 rings (SSSR count). The summed E-state index contributed by atoms with van der Waals surface area (Å²) >= 11 is 3.14. The van der Waals surface area contributed by atoms with Crippen LogP contribution in [0.2, 0.25) is 0 Å². The summed E-state index contributed by atoms with van der Waals surface area (Å²) in [6.07, 6.45) is 1.63. The molecule has 4 heteroatoms. The number of hydrogen-bond acceptors (Lipinski definition) is 0. The van der Waals surface area contributed by atoms with E-state index in [4.69, 9.17) is 0 Å². The average Bonchev–Trinajstić information content (AvgIpc) is 3.13. The smallest absolute Gasteiger partial charge is 0.137 e. The molecule has 19 heavy (non-hydrogen) atoms. The summed E-state index contributed by atoms with van der Waals surface area (Å²) in [7, 11) is 0. The third-order valence-corrected chi connectivity index (χ3v) is 4.25. The minimum Gasteiger partial charge on any atom is -0.207 e. The van der Waals surface area contributed by atoms with Gasteiger partial charge in [0.15, 0.2) is 0 Å². The van der Waals surface area contributed by atoms with Crippen molar-refractivity contribution in [1.82, 2.24) is 0 Å². The Kier molecular flexibility index (Phi) is 2.93. The first-order chi connectivity index (χ1) is 9.01. The zero-order valence-electron chi connectivity index (χ0n) is 9.89. The van der Waals surface area contributed by atoms with Gasteiger partial charge in [0, 0.05) is 11.5 Å². The monoisotopic (exact) mass is 326 g/mol. The Morgan fingerprint density at radius 3 is 2.00 bits per heavy atom. The minimum atomic E-state index is -0.581. The van der Waals surface area contributed by atoms with Crippen molar-refractivity contribution in [2.75, 3.05) is 0 Å². The Hall–Kier alpha value is -1.29. The second kappa shape index (κ2) is 4.37. The maximum absolute atomic E-state index is 13.3. The number of benzene rings is 2. The molecule has 1 saturated carbocycles. The molecule has 2 aromatic rings. The lowest BCUT2D eigenvalue weighted by Crippen LogP contribution is -2.10. The van der Waals surface area contributed by atoms with Crippen LogP contribution >= 0.6 is 15.9 Å². The second-order valence-corrected chi connectivity index (χ2v) is 5.72. The standard InChI is InChI=1S/C15H10BrF3/c16-13-7-9(1-2-14(13)19)15(3-4-15)10-5-11(17)8-12(18)6-10/h1-2,5-8H,3-4H2. The van der Waals surface area contributed by atoms with E-state index in [1.54, 1.807) is 12.1 Å². The van der Waals surface area contributed by atoms with Crippen LogP contribution < -0.4 is 0 Å². The van der Waals surface area contributed by atoms with Crippen molar-refractivity contribution in [1.29, 1.82) is 0 Å². The molecule has 0 heterocycles. The van der Waals surface area contributed by atoms with E-state index < -0.39 is 11.6 Å². The van der Waals surface area contributed by atoms with Crippen LogP contribution in [0.3, 0.4) is 0 Å². The van der Waals surface area contributed by atoms with Crippen molar-refractivity contribution >= 4 is 15.9 Å². The first-order valence-corrected chi connectivity index (χ1v) is 6.73. The molecule has 1 fully saturated rings. The summed E-state index contributed by atoms with van der Waals surface area (Å²) in [5, 5.41) is 0. The van der Waals surface area contributed by atoms with E-state index in [9.17, 15) is 13.2 Å². The molecule has 0 unspecified atom stereocenters. The quantitative estimate of drug-likeness (QED) is 0.732. The van der Waals surface area contributed by atoms with Gasteiger partial charge in [-0.3, -0.25) is 0 Å². The fraction of sp³-hybridized carbons (Fsp3) is 0.200. The largest absolute Gasteiger partial charge is 0.207 e. The Morgan fingerprint density at radius 1 is 0.842 bits per heavy atom. The van der Waals surface area contributed by atoms with E-state index in [2.05, 4.69) is 15.9 Å². The fourth-order valence-electron chi connectivity index (χ4n) is 2.49. The van der Waals surface area contributed by atoms with E-state index >= 15 is 0 Å². The SMILES string of the molecule is Fc1cc(F)cc(C2(c3ccc(F)c(Br)c3)CC2)c1. The molecule has 0 spiro atoms. The summed E-state index contributed by atoms with van der Waals surface area (Å²) in [5.74, 6) is -1.50. The van der Waals surface area contributed by atoms with Gasteiger partial charge >= 0.3 is 0 Å². The van der Waals surface area contributed by atoms with Crippen LogP contribution in [-0.4, -0.2) is 0 Å². The molecule has 0 N–H and O–H groups in total. The normalized spacial score (nSPS) is 16.4. The van der Waals surface area contributed by atoms with Gasteiger partial charge in [0.1, 0.15) is 17.5 Å². The molecule has 0 aromatic heterocycles. The predicted octanol–water partition coefficient (Wildman–Crippen LogP) is 4.95. The first-order valence-electron chi connectivity index (χ1n) is 5.93. The molecule has 0 nitrogen and oxygen atoms in total. The maximum atomic E-state index is 13.3. The van der Waals surface area contributed by atoms with E-state index in [1.165, 1.54) is 18.2 Å². The zero-order chi connectivity index (χ0) is 13.6. The van der Waals surface area contributed by atoms with Gasteiger partial charge in [0.05, 0.1) is 4.47 Å². The molecule has 0 amide bonds. The molecular formula is C15H10BrF3. The highest BCUT2D eigenvalue weighted by molar-refractivity contribution is 9.10. The topological polar surface area (TPSA) is 0 Å². The lowest BCUT2D eigenvalue weighted by atomic mass is 9.88. The van der Waals surface area contributed by atoms with Gasteiger partial charge < -0.3 is 0 Å². The summed E-state index contributed by atoms with van der Waals surface area (Å²) < 4.78 is 40.3. The average molecular weight is 327 g/mol. The summed E-state index contributed by atoms with van der Waals surface area (Å²) in [4.78, 5) is 0. The highest BCUT2D eigenvalue weighted by Gasteiger charge is 2.46. The predicted molar refractivity (Wildman–Crippen MR) is 70.5 cm³/mol. The van der Waals surface area contributed by atoms with Gasteiger partial charge in [-0.25, -0.2) is 13.2 Å². The Labute approximate surface area is 117 Å². The van der Waals surface area contributed by atoms with Crippen LogP contribution in [0, 0.1) is 17.5 Å². The summed E-state index contributed by atoms with van der Waals surface area (Å²) in [6.45, 7) is 0. The summed E-state index contributed by atoms with van der Waals surface area (Å²) in [5.41, 5.74) is 1.12. The van der Waals surface area contributed by atoms with Crippen molar-refractivity contribution in [3.8, 4) is 0 Å². The maximum Gasteiger partial charge on any atom is 0.137 e. The van der Waals surface area contributed by atoms with Crippen LogP contribution in [0.5, 0.6) is 0 Å². The molecule has 98 valence electrons. The lowest BCUT2D eigenvalue weighted by molar-refractivity contribution is 0.575. The highest BCUT2D eigenvalue weighted by atomic mass is 79.9. The third-order valence-electron chi connectivity index (χ3n) is 3.64. The molecule has 0 atom stereocenters. The van der Waals surface area contributed by atoms with Gasteiger partial charge in [-0.2, -0.15) is 0 Å². The van der Waals surface area contributed by atoms with Crippen LogP contribution in [0.25, 0.3) is 0 Å². The van der Waals surface area contributed by atoms with E-state index in [0.29, 0.717) is 10.0 Å². The number of rotatable bonds is 2. The van der Waals surface area contributed by atoms with Gasteiger partial charge in [-0.15, -0.1) is 0 Å². The zero-order valence-corrected chi connectivity index (χ0v) is 11.5. The van der Waals surface area contributed by atoms with Gasteiger partial charge in [0.2, 0.25) is 0 Å². The minimum absolute atomic E-state index is 0.343. The van der Waals surface area contributed by atoms with Crippen LogP contribution in [-0.2, 0) is 5.41 Å². The highest BCUT2D eigenvalue weighted by Crippen LogP contribution is 2.54. The van der Waals surface area contributed by atoms with E-state index in [1.807, 2.05) is 0 Å².